The maximum absolute atomic E-state index is 12.5. The second-order valence-corrected chi connectivity index (χ2v) is 8.59. The van der Waals surface area contributed by atoms with Crippen molar-refractivity contribution in [3.63, 3.8) is 0 Å². The number of hydrogen-bond acceptors (Lipinski definition) is 8. The molecule has 0 aliphatic carbocycles. The van der Waals surface area contributed by atoms with E-state index < -0.39 is 31.8 Å². The normalized spacial score (nSPS) is 16.7. The van der Waals surface area contributed by atoms with E-state index in [0.717, 1.165) is 5.56 Å². The number of benzene rings is 1. The van der Waals surface area contributed by atoms with Gasteiger partial charge < -0.3 is 21.0 Å². The Morgan fingerprint density at radius 3 is 2.47 bits per heavy atom. The van der Waals surface area contributed by atoms with Crippen LogP contribution in [0.15, 0.2) is 29.4 Å². The third-order valence-corrected chi connectivity index (χ3v) is 6.21. The summed E-state index contributed by atoms with van der Waals surface area (Å²) in [4.78, 5) is 29.1. The maximum atomic E-state index is 12.5. The highest BCUT2D eigenvalue weighted by atomic mass is 31.2. The lowest BCUT2D eigenvalue weighted by Crippen LogP contribution is -2.45. The number of nitrogens with one attached hydrogen (secondary N) is 3. The molecule has 0 bridgehead atoms. The van der Waals surface area contributed by atoms with Crippen LogP contribution < -0.4 is 16.1 Å². The lowest BCUT2D eigenvalue weighted by atomic mass is 10.0. The summed E-state index contributed by atoms with van der Waals surface area (Å²) in [6, 6.07) is 5.54. The molecular weight excluding hydrogens is 441 g/mol. The van der Waals surface area contributed by atoms with E-state index >= 15 is 0 Å². The number of carbonyl (C=O) groups is 2. The van der Waals surface area contributed by atoms with Crippen LogP contribution in [0.5, 0.6) is 0 Å². The van der Waals surface area contributed by atoms with E-state index in [1.807, 2.05) is 0 Å². The summed E-state index contributed by atoms with van der Waals surface area (Å²) in [5.74, 6) is -1.81. The highest BCUT2D eigenvalue weighted by Gasteiger charge is 2.32. The van der Waals surface area contributed by atoms with Gasteiger partial charge in [-0.05, 0) is 19.4 Å². The molecule has 32 heavy (non-hydrogen) atoms. The minimum Gasteiger partial charge on any atom is -0.480 e. The summed E-state index contributed by atoms with van der Waals surface area (Å²) < 4.78 is 22.6. The zero-order chi connectivity index (χ0) is 23.7. The fourth-order valence-corrected chi connectivity index (χ4v) is 4.36. The molecule has 0 fully saturated rings. The molecule has 0 radical (unpaired) electrons. The van der Waals surface area contributed by atoms with Gasteiger partial charge in [0.1, 0.15) is 18.0 Å². The van der Waals surface area contributed by atoms with E-state index in [4.69, 9.17) is 25.0 Å². The first kappa shape index (κ1) is 25.5. The molecule has 13 heteroatoms. The van der Waals surface area contributed by atoms with Gasteiger partial charge in [-0.1, -0.05) is 29.4 Å². The van der Waals surface area contributed by atoms with Crippen LogP contribution >= 0.6 is 7.75 Å². The summed E-state index contributed by atoms with van der Waals surface area (Å²) in [5, 5.41) is 25.6. The fraction of sp³-hybridized carbons (Fsp3) is 0.474. The number of rotatable bonds is 13. The van der Waals surface area contributed by atoms with Gasteiger partial charge in [0.2, 0.25) is 5.91 Å². The highest BCUT2D eigenvalue weighted by molar-refractivity contribution is 7.51. The first-order valence-electron chi connectivity index (χ1n) is 10.0. The van der Waals surface area contributed by atoms with Crippen LogP contribution in [-0.4, -0.2) is 60.4 Å². The SMILES string of the molecule is CCOP(=O)(NC(CNC(=O)CC1CC(c2ccc(C(=N)N)cc2)=NO1)C(=O)O)OCC. The predicted molar refractivity (Wildman–Crippen MR) is 117 cm³/mol. The molecular formula is C19H28N5O7P. The Kier molecular flexibility index (Phi) is 9.33. The van der Waals surface area contributed by atoms with Gasteiger partial charge in [-0.3, -0.25) is 24.0 Å². The number of oxime groups is 1. The molecule has 6 N–H and O–H groups in total. The van der Waals surface area contributed by atoms with Crippen molar-refractivity contribution in [3.05, 3.63) is 35.4 Å². The van der Waals surface area contributed by atoms with Gasteiger partial charge in [-0.25, -0.2) is 9.65 Å². The molecule has 2 rings (SSSR count). The van der Waals surface area contributed by atoms with E-state index in [0.29, 0.717) is 17.7 Å². The molecule has 1 amide bonds. The van der Waals surface area contributed by atoms with Crippen LogP contribution in [-0.2, 0) is 28.0 Å². The van der Waals surface area contributed by atoms with Gasteiger partial charge in [0.15, 0.2) is 0 Å². The molecule has 2 unspecified atom stereocenters. The van der Waals surface area contributed by atoms with E-state index in [-0.39, 0.29) is 32.0 Å². The third kappa shape index (κ3) is 7.41. The van der Waals surface area contributed by atoms with E-state index in [1.54, 1.807) is 38.1 Å². The molecule has 1 heterocycles. The number of nitrogen functional groups attached to an aromatic ring is 1. The molecule has 0 aromatic heterocycles. The number of carboxylic acid groups (broad SMARTS) is 1. The van der Waals surface area contributed by atoms with Gasteiger partial charge in [-0.2, -0.15) is 0 Å². The Balaban J connectivity index is 1.86. The monoisotopic (exact) mass is 469 g/mol. The molecule has 1 aromatic rings. The topological polar surface area (TPSA) is 185 Å². The minimum atomic E-state index is -3.82. The van der Waals surface area contributed by atoms with Gasteiger partial charge >= 0.3 is 13.7 Å². The van der Waals surface area contributed by atoms with Crippen LogP contribution in [0.25, 0.3) is 0 Å². The number of nitrogens with two attached hydrogens (primary N) is 1. The number of nitrogens with zero attached hydrogens (tertiary/aromatic N) is 1. The third-order valence-electron chi connectivity index (χ3n) is 4.39. The molecule has 176 valence electrons. The second kappa shape index (κ2) is 11.7. The molecule has 12 nitrogen and oxygen atoms in total. The lowest BCUT2D eigenvalue weighted by molar-refractivity contribution is -0.139. The largest absolute Gasteiger partial charge is 0.480 e. The predicted octanol–water partition coefficient (Wildman–Crippen LogP) is 1.19. The molecule has 0 saturated carbocycles. The van der Waals surface area contributed by atoms with Gasteiger partial charge in [-0.15, -0.1) is 0 Å². The Labute approximate surface area is 185 Å². The van der Waals surface area contributed by atoms with Gasteiger partial charge in [0.05, 0.1) is 25.3 Å². The summed E-state index contributed by atoms with van der Waals surface area (Å²) >= 11 is 0. The fourth-order valence-electron chi connectivity index (χ4n) is 2.88. The summed E-state index contributed by atoms with van der Waals surface area (Å²) in [6.45, 7) is 2.98. The summed E-state index contributed by atoms with van der Waals surface area (Å²) in [7, 11) is -3.82. The standard InChI is InChI=1S/C19H28N5O7P/c1-3-29-32(28,30-4-2)24-16(19(26)27)11-22-17(25)10-14-9-15(23-31-14)12-5-7-13(8-6-12)18(20)21/h5-8,14,16H,3-4,9-11H2,1-2H3,(H3,20,21)(H,22,25)(H,24,28)(H,26,27). The minimum absolute atomic E-state index is 0.0382. The smallest absolute Gasteiger partial charge is 0.406 e. The zero-order valence-corrected chi connectivity index (χ0v) is 18.8. The quantitative estimate of drug-likeness (QED) is 0.161. The number of hydrogen-bond donors (Lipinski definition) is 5. The van der Waals surface area contributed by atoms with Crippen molar-refractivity contribution in [2.24, 2.45) is 10.9 Å². The van der Waals surface area contributed by atoms with Gasteiger partial charge in [0.25, 0.3) is 0 Å². The Hall–Kier alpha value is -2.79. The highest BCUT2D eigenvalue weighted by Crippen LogP contribution is 2.43. The Morgan fingerprint density at radius 2 is 1.94 bits per heavy atom. The van der Waals surface area contributed by atoms with E-state index in [1.165, 1.54) is 0 Å². The number of amidine groups is 1. The van der Waals surface area contributed by atoms with Crippen LogP contribution in [0, 0.1) is 5.41 Å². The van der Waals surface area contributed by atoms with Crippen LogP contribution in [0.2, 0.25) is 0 Å². The summed E-state index contributed by atoms with van der Waals surface area (Å²) in [5.41, 5.74) is 7.46. The van der Waals surface area contributed by atoms with Crippen molar-refractivity contribution in [1.29, 1.82) is 5.41 Å². The molecule has 0 saturated heterocycles. The number of carbonyl (C=O) groups excluding carboxylic acids is 1. The van der Waals surface area contributed by atoms with E-state index in [2.05, 4.69) is 15.6 Å². The van der Waals surface area contributed by atoms with Crippen molar-refractivity contribution in [1.82, 2.24) is 10.4 Å². The molecule has 1 aliphatic heterocycles. The zero-order valence-electron chi connectivity index (χ0n) is 17.9. The molecule has 1 aliphatic rings. The van der Waals surface area contributed by atoms with Crippen molar-refractivity contribution in [2.75, 3.05) is 19.8 Å². The van der Waals surface area contributed by atoms with Crippen molar-refractivity contribution in [2.45, 2.75) is 38.8 Å². The van der Waals surface area contributed by atoms with E-state index in [9.17, 15) is 19.3 Å². The molecule has 0 spiro atoms. The average molecular weight is 469 g/mol. The Morgan fingerprint density at radius 1 is 1.31 bits per heavy atom. The molecule has 1 aromatic carbocycles. The Bertz CT molecular complexity index is 896. The van der Waals surface area contributed by atoms with Crippen molar-refractivity contribution in [3.8, 4) is 0 Å². The van der Waals surface area contributed by atoms with Crippen LogP contribution in [0.4, 0.5) is 0 Å². The molecule has 2 atom stereocenters. The number of amides is 1. The number of carboxylic acids is 1. The van der Waals surface area contributed by atoms with Crippen LogP contribution in [0.1, 0.15) is 37.8 Å². The first-order valence-corrected chi connectivity index (χ1v) is 11.6. The lowest BCUT2D eigenvalue weighted by Gasteiger charge is -2.22. The first-order chi connectivity index (χ1) is 15.2. The summed E-state index contributed by atoms with van der Waals surface area (Å²) in [6.07, 6.45) is -0.164. The number of aliphatic carboxylic acids is 1. The van der Waals surface area contributed by atoms with Gasteiger partial charge in [0, 0.05) is 18.5 Å². The van der Waals surface area contributed by atoms with Crippen LogP contribution in [0.3, 0.4) is 0 Å². The van der Waals surface area contributed by atoms with Crippen molar-refractivity contribution >= 4 is 31.2 Å². The van der Waals surface area contributed by atoms with Crippen molar-refractivity contribution < 1.29 is 33.1 Å². The second-order valence-electron chi connectivity index (χ2n) is 6.82. The average Bonchev–Trinajstić information content (AvgIpc) is 3.19. The maximum Gasteiger partial charge on any atom is 0.406 e.